The molecular weight excluding hydrogens is 266 g/mol. The Bertz CT molecular complexity index is 522. The SMILES string of the molecule is CCCC1NC(=O)CCN(Cc2csc(=O)[nH]2)C1=O. The van der Waals surface area contributed by atoms with Crippen molar-refractivity contribution in [2.45, 2.75) is 38.8 Å². The van der Waals surface area contributed by atoms with E-state index in [4.69, 9.17) is 0 Å². The van der Waals surface area contributed by atoms with E-state index in [0.29, 0.717) is 31.6 Å². The number of aromatic nitrogens is 1. The Hall–Kier alpha value is -1.63. The number of hydrogen-bond donors (Lipinski definition) is 2. The maximum Gasteiger partial charge on any atom is 0.304 e. The number of aromatic amines is 1. The van der Waals surface area contributed by atoms with Crippen molar-refractivity contribution < 1.29 is 9.59 Å². The highest BCUT2D eigenvalue weighted by atomic mass is 32.1. The average Bonchev–Trinajstić information content (AvgIpc) is 2.73. The molecule has 0 radical (unpaired) electrons. The van der Waals surface area contributed by atoms with Crippen molar-refractivity contribution in [1.82, 2.24) is 15.2 Å². The van der Waals surface area contributed by atoms with E-state index in [0.717, 1.165) is 17.8 Å². The minimum atomic E-state index is -0.439. The summed E-state index contributed by atoms with van der Waals surface area (Å²) in [6, 6.07) is -0.439. The van der Waals surface area contributed by atoms with Crippen LogP contribution in [0.5, 0.6) is 0 Å². The Morgan fingerprint density at radius 1 is 1.42 bits per heavy atom. The van der Waals surface area contributed by atoms with E-state index in [9.17, 15) is 14.4 Å². The van der Waals surface area contributed by atoms with Gasteiger partial charge in [-0.05, 0) is 6.42 Å². The number of nitrogens with one attached hydrogen (secondary N) is 2. The molecule has 0 aromatic carbocycles. The Kier molecular flexibility index (Phi) is 4.36. The first kappa shape index (κ1) is 13.8. The van der Waals surface area contributed by atoms with Crippen LogP contribution in [0.1, 0.15) is 31.9 Å². The van der Waals surface area contributed by atoms with Gasteiger partial charge in [0.2, 0.25) is 11.8 Å². The Balaban J connectivity index is 2.11. The van der Waals surface area contributed by atoms with Crippen LogP contribution in [0.3, 0.4) is 0 Å². The lowest BCUT2D eigenvalue weighted by molar-refractivity contribution is -0.134. The van der Waals surface area contributed by atoms with Gasteiger partial charge in [0.05, 0.1) is 6.54 Å². The monoisotopic (exact) mass is 283 g/mol. The van der Waals surface area contributed by atoms with Crippen LogP contribution in [0.25, 0.3) is 0 Å². The Labute approximate surface area is 114 Å². The van der Waals surface area contributed by atoms with Gasteiger partial charge < -0.3 is 15.2 Å². The molecule has 2 rings (SSSR count). The molecule has 2 N–H and O–H groups in total. The van der Waals surface area contributed by atoms with Crippen LogP contribution in [0.15, 0.2) is 10.2 Å². The van der Waals surface area contributed by atoms with Crippen molar-refractivity contribution in [2.75, 3.05) is 6.54 Å². The Morgan fingerprint density at radius 3 is 2.84 bits per heavy atom. The van der Waals surface area contributed by atoms with Crippen molar-refractivity contribution >= 4 is 23.2 Å². The fourth-order valence-corrected chi connectivity index (χ4v) is 2.71. The molecule has 1 unspecified atom stereocenters. The van der Waals surface area contributed by atoms with Gasteiger partial charge in [-0.15, -0.1) is 0 Å². The summed E-state index contributed by atoms with van der Waals surface area (Å²) in [6.07, 6.45) is 1.78. The number of rotatable bonds is 4. The molecule has 0 spiro atoms. The summed E-state index contributed by atoms with van der Waals surface area (Å²) < 4.78 is 0. The molecule has 1 aromatic heterocycles. The zero-order valence-corrected chi connectivity index (χ0v) is 11.6. The largest absolute Gasteiger partial charge is 0.344 e. The van der Waals surface area contributed by atoms with E-state index in [-0.39, 0.29) is 16.7 Å². The summed E-state index contributed by atoms with van der Waals surface area (Å²) in [4.78, 5) is 39.2. The molecule has 1 saturated heterocycles. The number of H-pyrrole nitrogens is 1. The van der Waals surface area contributed by atoms with Crippen LogP contribution in [-0.4, -0.2) is 34.3 Å². The third-order valence-electron chi connectivity index (χ3n) is 3.06. The zero-order chi connectivity index (χ0) is 13.8. The van der Waals surface area contributed by atoms with Crippen molar-refractivity contribution in [3.05, 3.63) is 20.7 Å². The number of hydrogen-bond acceptors (Lipinski definition) is 4. The maximum absolute atomic E-state index is 12.3. The molecule has 1 atom stereocenters. The number of amides is 2. The summed E-state index contributed by atoms with van der Waals surface area (Å²) in [7, 11) is 0. The third-order valence-corrected chi connectivity index (χ3v) is 3.78. The average molecular weight is 283 g/mol. The molecule has 0 aliphatic carbocycles. The molecule has 0 saturated carbocycles. The quantitative estimate of drug-likeness (QED) is 0.842. The standard InChI is InChI=1S/C12H17N3O3S/c1-2-3-9-11(17)15(5-4-10(16)14-9)6-8-7-19-12(18)13-8/h7,9H,2-6H2,1H3,(H,13,18)(H,14,16). The molecule has 19 heavy (non-hydrogen) atoms. The van der Waals surface area contributed by atoms with Crippen LogP contribution in [-0.2, 0) is 16.1 Å². The minimum Gasteiger partial charge on any atom is -0.344 e. The molecule has 0 bridgehead atoms. The first-order chi connectivity index (χ1) is 9.10. The predicted molar refractivity (Wildman–Crippen MR) is 71.8 cm³/mol. The number of carbonyl (C=O) groups excluding carboxylic acids is 2. The second kappa shape index (κ2) is 6.01. The molecule has 1 aliphatic rings. The van der Waals surface area contributed by atoms with E-state index in [1.54, 1.807) is 10.3 Å². The summed E-state index contributed by atoms with van der Waals surface area (Å²) in [5.41, 5.74) is 0.716. The van der Waals surface area contributed by atoms with Crippen LogP contribution in [0.2, 0.25) is 0 Å². The van der Waals surface area contributed by atoms with Crippen LogP contribution in [0, 0.1) is 0 Å². The molecule has 7 heteroatoms. The van der Waals surface area contributed by atoms with Gasteiger partial charge in [0, 0.05) is 24.0 Å². The molecular formula is C12H17N3O3S. The summed E-state index contributed by atoms with van der Waals surface area (Å²) >= 11 is 1.08. The van der Waals surface area contributed by atoms with Crippen LogP contribution in [0.4, 0.5) is 0 Å². The van der Waals surface area contributed by atoms with Gasteiger partial charge in [0.15, 0.2) is 0 Å². The second-order valence-electron chi connectivity index (χ2n) is 4.59. The molecule has 2 heterocycles. The molecule has 1 aliphatic heterocycles. The number of carbonyl (C=O) groups is 2. The fourth-order valence-electron chi connectivity index (χ4n) is 2.13. The van der Waals surface area contributed by atoms with Gasteiger partial charge in [0.25, 0.3) is 0 Å². The summed E-state index contributed by atoms with van der Waals surface area (Å²) in [6.45, 7) is 2.72. The number of thiazole rings is 1. The summed E-state index contributed by atoms with van der Waals surface area (Å²) in [5, 5.41) is 4.46. The normalized spacial score (nSPS) is 20.3. The lowest BCUT2D eigenvalue weighted by atomic mass is 10.1. The number of nitrogens with zero attached hydrogens (tertiary/aromatic N) is 1. The van der Waals surface area contributed by atoms with Crippen molar-refractivity contribution in [3.63, 3.8) is 0 Å². The topological polar surface area (TPSA) is 82.3 Å². The van der Waals surface area contributed by atoms with Gasteiger partial charge in [0.1, 0.15) is 6.04 Å². The lowest BCUT2D eigenvalue weighted by Crippen LogP contribution is -2.44. The fraction of sp³-hybridized carbons (Fsp3) is 0.583. The molecule has 2 amide bonds. The smallest absolute Gasteiger partial charge is 0.304 e. The highest BCUT2D eigenvalue weighted by Crippen LogP contribution is 2.11. The third kappa shape index (κ3) is 3.44. The summed E-state index contributed by atoms with van der Waals surface area (Å²) in [5.74, 6) is -0.159. The highest BCUT2D eigenvalue weighted by molar-refractivity contribution is 7.07. The Morgan fingerprint density at radius 2 is 2.21 bits per heavy atom. The van der Waals surface area contributed by atoms with E-state index in [1.165, 1.54) is 0 Å². The van der Waals surface area contributed by atoms with E-state index in [1.807, 2.05) is 6.92 Å². The maximum atomic E-state index is 12.3. The van der Waals surface area contributed by atoms with Gasteiger partial charge in [-0.25, -0.2) is 0 Å². The highest BCUT2D eigenvalue weighted by Gasteiger charge is 2.29. The van der Waals surface area contributed by atoms with Crippen LogP contribution < -0.4 is 10.2 Å². The minimum absolute atomic E-state index is 0.0697. The van der Waals surface area contributed by atoms with Crippen molar-refractivity contribution in [1.29, 1.82) is 0 Å². The van der Waals surface area contributed by atoms with Crippen LogP contribution >= 0.6 is 11.3 Å². The molecule has 6 nitrogen and oxygen atoms in total. The van der Waals surface area contributed by atoms with Gasteiger partial charge >= 0.3 is 4.87 Å². The van der Waals surface area contributed by atoms with Gasteiger partial charge in [-0.1, -0.05) is 24.7 Å². The van der Waals surface area contributed by atoms with Gasteiger partial charge in [-0.3, -0.25) is 14.4 Å². The van der Waals surface area contributed by atoms with Gasteiger partial charge in [-0.2, -0.15) is 0 Å². The molecule has 1 fully saturated rings. The van der Waals surface area contributed by atoms with Crippen molar-refractivity contribution in [3.8, 4) is 0 Å². The first-order valence-electron chi connectivity index (χ1n) is 6.35. The molecule has 1 aromatic rings. The zero-order valence-electron chi connectivity index (χ0n) is 10.8. The second-order valence-corrected chi connectivity index (χ2v) is 5.43. The van der Waals surface area contributed by atoms with E-state index in [2.05, 4.69) is 10.3 Å². The van der Waals surface area contributed by atoms with Crippen molar-refractivity contribution in [2.24, 2.45) is 0 Å². The molecule has 104 valence electrons. The van der Waals surface area contributed by atoms with E-state index < -0.39 is 6.04 Å². The lowest BCUT2D eigenvalue weighted by Gasteiger charge is -2.23. The predicted octanol–water partition coefficient (Wildman–Crippen LogP) is 0.454. The first-order valence-corrected chi connectivity index (χ1v) is 7.23. The van der Waals surface area contributed by atoms with E-state index >= 15 is 0 Å².